The van der Waals surface area contributed by atoms with Gasteiger partial charge in [0.05, 0.1) is 17.5 Å². The number of aryl methyl sites for hydroxylation is 3. The summed E-state index contributed by atoms with van der Waals surface area (Å²) in [6.07, 6.45) is 2.86. The number of aliphatic hydroxyl groups excluding tert-OH is 1. The lowest BCUT2D eigenvalue weighted by atomic mass is 10.1. The van der Waals surface area contributed by atoms with E-state index < -0.39 is 40.0 Å². The summed E-state index contributed by atoms with van der Waals surface area (Å²) in [7, 11) is -2.42. The van der Waals surface area contributed by atoms with Crippen LogP contribution in [-0.4, -0.2) is 81.9 Å². The van der Waals surface area contributed by atoms with Crippen LogP contribution in [0.3, 0.4) is 0 Å². The number of aromatic nitrogens is 3. The topological polar surface area (TPSA) is 164 Å². The first-order valence-electron chi connectivity index (χ1n) is 14.9. The van der Waals surface area contributed by atoms with Crippen molar-refractivity contribution in [1.82, 2.24) is 29.7 Å². The van der Waals surface area contributed by atoms with E-state index in [1.54, 1.807) is 23.1 Å². The lowest BCUT2D eigenvalue weighted by Crippen LogP contribution is -2.57. The highest BCUT2D eigenvalue weighted by Gasteiger charge is 2.32. The number of carbonyl (C=O) groups is 3. The van der Waals surface area contributed by atoms with Gasteiger partial charge in [0.1, 0.15) is 24.7 Å². The monoisotopic (exact) mass is 644 g/mol. The Morgan fingerprint density at radius 2 is 1.53 bits per heavy atom. The molecule has 3 unspecified atom stereocenters. The molecule has 12 nitrogen and oxygen atoms in total. The van der Waals surface area contributed by atoms with Crippen LogP contribution < -0.4 is 10.0 Å². The summed E-state index contributed by atoms with van der Waals surface area (Å²) in [6.45, 7) is 14.3. The van der Waals surface area contributed by atoms with Crippen LogP contribution in [0.2, 0.25) is 0 Å². The maximum Gasteiger partial charge on any atom is 0.258 e. The van der Waals surface area contributed by atoms with Gasteiger partial charge in [-0.2, -0.15) is 5.10 Å². The Hall–Kier alpha value is -4.10. The lowest BCUT2D eigenvalue weighted by Gasteiger charge is -2.27. The van der Waals surface area contributed by atoms with Crippen molar-refractivity contribution in [3.8, 4) is 5.69 Å². The second-order valence-electron chi connectivity index (χ2n) is 10.5. The number of likely N-dealkylation sites (N-methyl/N-ethyl adjacent to an activating group) is 1. The quantitative estimate of drug-likeness (QED) is 0.286. The molecule has 0 fully saturated rings. The molecule has 3 atom stereocenters. The summed E-state index contributed by atoms with van der Waals surface area (Å²) in [4.78, 5) is 42.9. The third-order valence-corrected chi connectivity index (χ3v) is 7.89. The highest BCUT2D eigenvalue weighted by Crippen LogP contribution is 2.13. The minimum absolute atomic E-state index is 0.237. The number of benzene rings is 2. The van der Waals surface area contributed by atoms with Gasteiger partial charge in [0, 0.05) is 12.6 Å². The first-order valence-corrected chi connectivity index (χ1v) is 16.6. The van der Waals surface area contributed by atoms with Crippen molar-refractivity contribution >= 4 is 27.7 Å². The third-order valence-electron chi connectivity index (χ3n) is 6.55. The summed E-state index contributed by atoms with van der Waals surface area (Å²) >= 11 is 0. The van der Waals surface area contributed by atoms with Gasteiger partial charge in [-0.25, -0.2) is 18.1 Å². The predicted molar refractivity (Wildman–Crippen MR) is 175 cm³/mol. The largest absolute Gasteiger partial charge is 0.391 e. The number of sulfonamides is 1. The maximum absolute atomic E-state index is 12.8. The van der Waals surface area contributed by atoms with Crippen molar-refractivity contribution in [2.75, 3.05) is 12.8 Å². The number of nitrogens with one attached hydrogen (secondary N) is 2. The Kier molecular flexibility index (Phi) is 16.1. The van der Waals surface area contributed by atoms with Crippen molar-refractivity contribution in [1.29, 1.82) is 0 Å². The summed E-state index contributed by atoms with van der Waals surface area (Å²) in [5.41, 5.74) is 4.52. The van der Waals surface area contributed by atoms with E-state index in [0.717, 1.165) is 16.8 Å². The average Bonchev–Trinajstić information content (AvgIpc) is 3.53. The van der Waals surface area contributed by atoms with Crippen molar-refractivity contribution in [3.05, 3.63) is 77.4 Å². The Morgan fingerprint density at radius 3 is 2.02 bits per heavy atom. The van der Waals surface area contributed by atoms with E-state index in [4.69, 9.17) is 0 Å². The van der Waals surface area contributed by atoms with E-state index in [0.29, 0.717) is 18.4 Å². The van der Waals surface area contributed by atoms with Gasteiger partial charge in [-0.15, -0.1) is 0 Å². The van der Waals surface area contributed by atoms with Crippen molar-refractivity contribution < 1.29 is 27.9 Å². The second kappa shape index (κ2) is 18.6. The first kappa shape index (κ1) is 38.9. The fourth-order valence-corrected chi connectivity index (χ4v) is 5.18. The minimum Gasteiger partial charge on any atom is -0.391 e. The van der Waals surface area contributed by atoms with E-state index in [1.165, 1.54) is 37.7 Å². The molecule has 248 valence electrons. The van der Waals surface area contributed by atoms with Crippen LogP contribution in [0.15, 0.2) is 55.1 Å². The Balaban J connectivity index is 0.000000592. The number of hydrogen-bond acceptors (Lipinski definition) is 8. The van der Waals surface area contributed by atoms with Crippen LogP contribution in [0.1, 0.15) is 74.5 Å². The molecule has 3 amide bonds. The summed E-state index contributed by atoms with van der Waals surface area (Å²) in [5.74, 6) is -2.35. The third kappa shape index (κ3) is 12.8. The highest BCUT2D eigenvalue weighted by molar-refractivity contribution is 7.90. The molecule has 45 heavy (non-hydrogen) atoms. The molecular weight excluding hydrogens is 596 g/mol. The van der Waals surface area contributed by atoms with Gasteiger partial charge in [-0.05, 0) is 65.3 Å². The summed E-state index contributed by atoms with van der Waals surface area (Å²) in [6, 6.07) is 11.0. The molecule has 3 aromatic rings. The standard InChI is InChI=1S/C21H33N3O6S.C9H9N3.C2H6/c1-7-8-9-31(29,30)23-20(27)18(16(5)25)22-19(26)15(4)24(6)21(28)17-11-13(2)10-14(3)12-17;1-8-2-4-9(5-3-8)12-7-10-6-11-12;1-2/h10-12,15-16,18,25H,7-9H2,1-6H3,(H,22,26)(H,23,27);2-7H,1H3;1-2H3. The molecule has 3 N–H and O–H groups in total. The zero-order valence-corrected chi connectivity index (χ0v) is 28.6. The van der Waals surface area contributed by atoms with E-state index in [-0.39, 0.29) is 11.7 Å². The molecule has 0 aliphatic carbocycles. The molecule has 0 aliphatic rings. The van der Waals surface area contributed by atoms with Gasteiger partial charge in [0.25, 0.3) is 11.8 Å². The van der Waals surface area contributed by atoms with Gasteiger partial charge >= 0.3 is 0 Å². The smallest absolute Gasteiger partial charge is 0.258 e. The van der Waals surface area contributed by atoms with Crippen LogP contribution in [0.25, 0.3) is 5.69 Å². The van der Waals surface area contributed by atoms with E-state index in [2.05, 4.69) is 34.5 Å². The molecule has 0 aliphatic heterocycles. The zero-order valence-electron chi connectivity index (χ0n) is 27.7. The average molecular weight is 645 g/mol. The number of carbonyl (C=O) groups excluding carboxylic acids is 3. The van der Waals surface area contributed by atoms with Gasteiger partial charge in [0.2, 0.25) is 15.9 Å². The van der Waals surface area contributed by atoms with E-state index >= 15 is 0 Å². The molecule has 1 aromatic heterocycles. The number of hydrogen-bond donors (Lipinski definition) is 3. The number of aliphatic hydroxyl groups is 1. The number of nitrogens with zero attached hydrogens (tertiary/aromatic N) is 4. The van der Waals surface area contributed by atoms with Gasteiger partial charge in [0.15, 0.2) is 0 Å². The SMILES string of the molecule is CC.CCCCS(=O)(=O)NC(=O)C(NC(=O)C(C)N(C)C(=O)c1cc(C)cc(C)c1)C(C)O.Cc1ccc(-n2cncn2)cc1. The van der Waals surface area contributed by atoms with Crippen LogP contribution >= 0.6 is 0 Å². The normalized spacial score (nSPS) is 12.7. The maximum atomic E-state index is 12.8. The molecule has 0 saturated carbocycles. The Labute approximate surface area is 267 Å². The molecule has 0 bridgehead atoms. The minimum atomic E-state index is -3.88. The molecule has 0 saturated heterocycles. The van der Waals surface area contributed by atoms with Crippen LogP contribution in [0.5, 0.6) is 0 Å². The summed E-state index contributed by atoms with van der Waals surface area (Å²) < 4.78 is 27.6. The second-order valence-corrected chi connectivity index (χ2v) is 12.4. The van der Waals surface area contributed by atoms with Gasteiger partial charge < -0.3 is 15.3 Å². The number of unbranched alkanes of at least 4 members (excludes halogenated alkanes) is 1. The lowest BCUT2D eigenvalue weighted by molar-refractivity contribution is -0.132. The molecule has 13 heteroatoms. The van der Waals surface area contributed by atoms with E-state index in [9.17, 15) is 27.9 Å². The number of amides is 3. The molecule has 2 aromatic carbocycles. The zero-order chi connectivity index (χ0) is 34.3. The molecule has 0 radical (unpaired) electrons. The Bertz CT molecular complexity index is 1450. The van der Waals surface area contributed by atoms with Gasteiger partial charge in [-0.1, -0.05) is 62.1 Å². The molecular formula is C32H48N6O6S. The first-order chi connectivity index (χ1) is 21.1. The van der Waals surface area contributed by atoms with Crippen LogP contribution in [-0.2, 0) is 19.6 Å². The van der Waals surface area contributed by atoms with Crippen LogP contribution in [0.4, 0.5) is 0 Å². The molecule has 0 spiro atoms. The van der Waals surface area contributed by atoms with Crippen LogP contribution in [0, 0.1) is 20.8 Å². The fourth-order valence-electron chi connectivity index (χ4n) is 3.97. The number of rotatable bonds is 11. The highest BCUT2D eigenvalue weighted by atomic mass is 32.2. The molecule has 3 rings (SSSR count). The Morgan fingerprint density at radius 1 is 0.956 bits per heavy atom. The van der Waals surface area contributed by atoms with Crippen molar-refractivity contribution in [2.45, 2.75) is 86.4 Å². The summed E-state index contributed by atoms with van der Waals surface area (Å²) in [5, 5.41) is 16.3. The van der Waals surface area contributed by atoms with Crippen molar-refractivity contribution in [2.24, 2.45) is 0 Å². The van der Waals surface area contributed by atoms with Crippen molar-refractivity contribution in [3.63, 3.8) is 0 Å². The van der Waals surface area contributed by atoms with E-state index in [1.807, 2.05) is 57.5 Å². The van der Waals surface area contributed by atoms with Gasteiger partial charge in [-0.3, -0.25) is 19.1 Å². The fraction of sp³-hybridized carbons (Fsp3) is 0.469. The molecule has 1 heterocycles. The predicted octanol–water partition coefficient (Wildman–Crippen LogP) is 3.48.